The van der Waals surface area contributed by atoms with E-state index in [1.165, 1.54) is 6.20 Å². The number of hydrogen-bond donors (Lipinski definition) is 2. The smallest absolute Gasteiger partial charge is 0.179 e. The minimum absolute atomic E-state index is 0.143. The Morgan fingerprint density at radius 1 is 1.00 bits per heavy atom. The molecule has 0 aromatic carbocycles. The first-order valence-corrected chi connectivity index (χ1v) is 11.6. The van der Waals surface area contributed by atoms with Crippen LogP contribution in [-0.4, -0.2) is 39.7 Å². The van der Waals surface area contributed by atoms with Crippen molar-refractivity contribution in [3.63, 3.8) is 0 Å². The molecule has 0 spiro atoms. The van der Waals surface area contributed by atoms with E-state index in [4.69, 9.17) is 4.98 Å². The van der Waals surface area contributed by atoms with E-state index >= 15 is 4.39 Å². The molecule has 8 bridgehead atoms. The Bertz CT molecular complexity index is 1920. The first kappa shape index (κ1) is 19.3. The molecule has 0 saturated carbocycles. The molecule has 2 aliphatic heterocycles. The zero-order valence-corrected chi connectivity index (χ0v) is 19.0. The fourth-order valence-corrected chi connectivity index (χ4v) is 5.68. The molecular weight excluding hydrogens is 451 g/mol. The predicted molar refractivity (Wildman–Crippen MR) is 132 cm³/mol. The van der Waals surface area contributed by atoms with Gasteiger partial charge in [0.2, 0.25) is 0 Å². The highest BCUT2D eigenvalue weighted by Gasteiger charge is 2.20. The second-order valence-electron chi connectivity index (χ2n) is 8.44. The number of nitrogens with zero attached hydrogens (tertiary/aromatic N) is 6. The van der Waals surface area contributed by atoms with Crippen LogP contribution in [0.15, 0.2) is 49.1 Å². The van der Waals surface area contributed by atoms with E-state index in [-0.39, 0.29) is 6.04 Å². The van der Waals surface area contributed by atoms with Crippen LogP contribution in [-0.2, 0) is 0 Å². The van der Waals surface area contributed by atoms with E-state index in [9.17, 15) is 0 Å². The molecule has 5 aromatic rings. The standard InChI is InChI=1S/C24H17FN8S/c1-11(2)33-13-7-12(8-26-9-13)14-10-28-23-18(19(14)25)22(31-32-23)24-29-15-5-6-27-21(20(15)30-24)16-3-4-17(33)34-16/h3-11,31H,1-2H3,(H,28,32). The highest BCUT2D eigenvalue weighted by molar-refractivity contribution is 7.23. The minimum Gasteiger partial charge on any atom is -0.329 e. The maximum atomic E-state index is 16.0. The Balaban J connectivity index is 1.79. The van der Waals surface area contributed by atoms with Crippen molar-refractivity contribution >= 4 is 65.0 Å². The van der Waals surface area contributed by atoms with Crippen LogP contribution in [0.1, 0.15) is 19.9 Å². The van der Waals surface area contributed by atoms with Gasteiger partial charge in [-0.15, -0.1) is 11.3 Å². The minimum atomic E-state index is -0.410. The van der Waals surface area contributed by atoms with Crippen molar-refractivity contribution in [3.05, 3.63) is 54.9 Å². The number of fused-ring (bicyclic) bond motifs is 9. The van der Waals surface area contributed by atoms with Gasteiger partial charge in [-0.3, -0.25) is 20.2 Å². The average molecular weight is 469 g/mol. The number of rotatable bonds is 1. The summed E-state index contributed by atoms with van der Waals surface area (Å²) >= 11 is 1.62. The van der Waals surface area contributed by atoms with Crippen molar-refractivity contribution in [1.82, 2.24) is 39.7 Å². The summed E-state index contributed by atoms with van der Waals surface area (Å²) in [6.07, 6.45) is 6.71. The molecule has 0 atom stereocenters. The molecule has 0 radical (unpaired) electrons. The average Bonchev–Trinajstić information content (AvgIpc) is 3.56. The number of thiophene rings is 1. The lowest BCUT2D eigenvalue weighted by Crippen LogP contribution is -2.01. The predicted octanol–water partition coefficient (Wildman–Crippen LogP) is 5.90. The summed E-state index contributed by atoms with van der Waals surface area (Å²) in [7, 11) is 0. The monoisotopic (exact) mass is 468 g/mol. The zero-order valence-electron chi connectivity index (χ0n) is 18.2. The molecular formula is C24H17FN8S. The number of imidazole rings is 1. The maximum absolute atomic E-state index is 16.0. The number of pyridine rings is 3. The molecule has 0 amide bonds. The Morgan fingerprint density at radius 3 is 2.79 bits per heavy atom. The summed E-state index contributed by atoms with van der Waals surface area (Å²) in [6, 6.07) is 8.04. The quantitative estimate of drug-likeness (QED) is 0.313. The van der Waals surface area contributed by atoms with Crippen LogP contribution in [0, 0.1) is 5.82 Å². The van der Waals surface area contributed by atoms with Gasteiger partial charge in [-0.25, -0.2) is 19.3 Å². The lowest BCUT2D eigenvalue weighted by atomic mass is 10.1. The van der Waals surface area contributed by atoms with Gasteiger partial charge in [-0.2, -0.15) is 0 Å². The number of aromatic nitrogens is 8. The fourth-order valence-electron chi connectivity index (χ4n) is 4.52. The molecule has 10 heteroatoms. The van der Waals surface area contributed by atoms with Crippen LogP contribution in [0.2, 0.25) is 0 Å². The van der Waals surface area contributed by atoms with Gasteiger partial charge in [0.15, 0.2) is 11.3 Å². The molecule has 34 heavy (non-hydrogen) atoms. The lowest BCUT2D eigenvalue weighted by Gasteiger charge is -2.13. The molecule has 2 N–H and O–H groups in total. The van der Waals surface area contributed by atoms with Crippen molar-refractivity contribution in [2.24, 2.45) is 0 Å². The summed E-state index contributed by atoms with van der Waals surface area (Å²) in [6.45, 7) is 4.23. The molecule has 5 aromatic heterocycles. The van der Waals surface area contributed by atoms with Crippen LogP contribution in [0.3, 0.4) is 0 Å². The molecule has 7 heterocycles. The second kappa shape index (κ2) is 6.91. The van der Waals surface area contributed by atoms with E-state index in [1.54, 1.807) is 29.9 Å². The van der Waals surface area contributed by atoms with Gasteiger partial charge in [-0.05, 0) is 38.1 Å². The first-order valence-electron chi connectivity index (χ1n) is 10.8. The van der Waals surface area contributed by atoms with Crippen molar-refractivity contribution in [3.8, 4) is 11.3 Å². The third-order valence-corrected chi connectivity index (χ3v) is 7.13. The molecule has 166 valence electrons. The van der Waals surface area contributed by atoms with Gasteiger partial charge < -0.3 is 4.57 Å². The number of H-pyrrole nitrogens is 2. The van der Waals surface area contributed by atoms with E-state index in [0.29, 0.717) is 44.4 Å². The molecule has 0 aliphatic carbocycles. The topological polar surface area (TPSA) is 101 Å². The maximum Gasteiger partial charge on any atom is 0.179 e. The molecule has 0 fully saturated rings. The van der Waals surface area contributed by atoms with Gasteiger partial charge in [-0.1, -0.05) is 0 Å². The largest absolute Gasteiger partial charge is 0.329 e. The highest BCUT2D eigenvalue weighted by Crippen LogP contribution is 2.34. The van der Waals surface area contributed by atoms with Gasteiger partial charge in [0.1, 0.15) is 22.5 Å². The second-order valence-corrected chi connectivity index (χ2v) is 9.50. The third kappa shape index (κ3) is 2.65. The van der Waals surface area contributed by atoms with Crippen molar-refractivity contribution in [1.29, 1.82) is 0 Å². The van der Waals surface area contributed by atoms with E-state index in [0.717, 1.165) is 20.6 Å². The summed E-state index contributed by atoms with van der Waals surface area (Å²) in [5, 5.41) is 6.96. The van der Waals surface area contributed by atoms with Crippen molar-refractivity contribution in [2.45, 2.75) is 19.9 Å². The Kier molecular flexibility index (Phi) is 3.92. The van der Waals surface area contributed by atoms with Gasteiger partial charge in [0.25, 0.3) is 0 Å². The molecule has 7 rings (SSSR count). The van der Waals surface area contributed by atoms with Crippen LogP contribution < -0.4 is 0 Å². The Hall–Kier alpha value is -4.18. The fraction of sp³-hybridized carbons (Fsp3) is 0.125. The van der Waals surface area contributed by atoms with Gasteiger partial charge in [0, 0.05) is 35.4 Å². The SMILES string of the molecule is CC(C)n1c2cncc(c2)c2cnc3[nH][nH]c(c4nc5ccnc(c6ccc1s6)c5n4)-c3c2F. The van der Waals surface area contributed by atoms with E-state index < -0.39 is 5.82 Å². The van der Waals surface area contributed by atoms with Crippen LogP contribution in [0.5, 0.6) is 0 Å². The van der Waals surface area contributed by atoms with Crippen LogP contribution in [0.4, 0.5) is 4.39 Å². The van der Waals surface area contributed by atoms with Crippen LogP contribution in [0.25, 0.3) is 64.9 Å². The molecule has 2 aliphatic rings. The lowest BCUT2D eigenvalue weighted by molar-refractivity contribution is 0.640. The van der Waals surface area contributed by atoms with Crippen LogP contribution >= 0.6 is 11.3 Å². The number of halogens is 1. The molecule has 0 saturated heterocycles. The Morgan fingerprint density at radius 2 is 1.91 bits per heavy atom. The summed E-state index contributed by atoms with van der Waals surface area (Å²) in [5.41, 5.74) is 4.52. The zero-order chi connectivity index (χ0) is 23.0. The van der Waals surface area contributed by atoms with Crippen molar-refractivity contribution in [2.75, 3.05) is 0 Å². The van der Waals surface area contributed by atoms with Gasteiger partial charge in [0.05, 0.1) is 32.3 Å². The third-order valence-electron chi connectivity index (χ3n) is 6.03. The first-order chi connectivity index (χ1) is 16.6. The number of aromatic amines is 2. The van der Waals surface area contributed by atoms with E-state index in [2.05, 4.69) is 60.7 Å². The summed E-state index contributed by atoms with van der Waals surface area (Å²) in [4.78, 5) is 24.0. The van der Waals surface area contributed by atoms with Gasteiger partial charge >= 0.3 is 0 Å². The number of hydrogen-bond acceptors (Lipinski definition) is 6. The summed E-state index contributed by atoms with van der Waals surface area (Å²) in [5.74, 6) is -0.410. The highest BCUT2D eigenvalue weighted by atomic mass is 32.1. The molecule has 0 unspecified atom stereocenters. The van der Waals surface area contributed by atoms with Crippen molar-refractivity contribution < 1.29 is 4.39 Å². The van der Waals surface area contributed by atoms with E-state index in [1.807, 2.05) is 12.1 Å². The summed E-state index contributed by atoms with van der Waals surface area (Å²) < 4.78 is 19.2. The normalized spacial score (nSPS) is 12.2. The Labute approximate surface area is 195 Å². The number of nitrogens with one attached hydrogen (secondary N) is 2. The molecule has 8 nitrogen and oxygen atoms in total.